The molecule has 2 aliphatic heterocycles. The van der Waals surface area contributed by atoms with Crippen LogP contribution in [0.2, 0.25) is 0 Å². The van der Waals surface area contributed by atoms with E-state index in [1.54, 1.807) is 11.2 Å². The molecule has 3 aromatic rings. The van der Waals surface area contributed by atoms with Crippen molar-refractivity contribution in [3.05, 3.63) is 59.9 Å². The minimum Gasteiger partial charge on any atom is -0.493 e. The van der Waals surface area contributed by atoms with Crippen LogP contribution in [0.3, 0.4) is 0 Å². The number of ether oxygens (including phenoxy) is 1. The molecule has 3 heterocycles. The number of hydrogen-bond acceptors (Lipinski definition) is 4. The van der Waals surface area contributed by atoms with Crippen LogP contribution in [-0.2, 0) is 18.4 Å². The Morgan fingerprint density at radius 2 is 2.03 bits per heavy atom. The number of imidazole rings is 1. The second-order valence-corrected chi connectivity index (χ2v) is 7.68. The van der Waals surface area contributed by atoms with E-state index in [2.05, 4.69) is 4.98 Å². The highest BCUT2D eigenvalue weighted by Gasteiger charge is 2.35. The number of amides is 3. The van der Waals surface area contributed by atoms with Crippen LogP contribution in [0.5, 0.6) is 5.75 Å². The van der Waals surface area contributed by atoms with Gasteiger partial charge in [-0.15, -0.1) is 0 Å². The van der Waals surface area contributed by atoms with Crippen LogP contribution in [0.1, 0.15) is 23.5 Å². The molecule has 29 heavy (non-hydrogen) atoms. The third-order valence-corrected chi connectivity index (χ3v) is 5.77. The summed E-state index contributed by atoms with van der Waals surface area (Å²) in [5.74, 6) is 0.893. The van der Waals surface area contributed by atoms with E-state index in [0.717, 1.165) is 27.9 Å². The van der Waals surface area contributed by atoms with Gasteiger partial charge in [-0.1, -0.05) is 24.3 Å². The van der Waals surface area contributed by atoms with Gasteiger partial charge in [0.2, 0.25) is 5.91 Å². The maximum absolute atomic E-state index is 13.1. The highest BCUT2D eigenvalue weighted by atomic mass is 16.5. The van der Waals surface area contributed by atoms with Crippen LogP contribution in [0, 0.1) is 0 Å². The summed E-state index contributed by atoms with van der Waals surface area (Å²) in [4.78, 5) is 33.1. The number of fused-ring (bicyclic) bond motifs is 2. The van der Waals surface area contributed by atoms with Crippen molar-refractivity contribution in [1.29, 1.82) is 0 Å². The van der Waals surface area contributed by atoms with Gasteiger partial charge in [-0.05, 0) is 23.8 Å². The van der Waals surface area contributed by atoms with E-state index >= 15 is 0 Å². The van der Waals surface area contributed by atoms with Crippen molar-refractivity contribution >= 4 is 23.0 Å². The summed E-state index contributed by atoms with van der Waals surface area (Å²) in [7, 11) is 1.94. The molecule has 5 rings (SSSR count). The van der Waals surface area contributed by atoms with Gasteiger partial charge in [0.05, 0.1) is 30.5 Å². The SMILES string of the molecule is Cn1cnc2cc(CN3C(=O)CCN(CC4COc5ccccc54)C3=O)ccc21. The summed E-state index contributed by atoms with van der Waals surface area (Å²) in [5, 5.41) is 0. The summed E-state index contributed by atoms with van der Waals surface area (Å²) < 4.78 is 7.69. The van der Waals surface area contributed by atoms with Crippen molar-refractivity contribution in [2.24, 2.45) is 7.05 Å². The van der Waals surface area contributed by atoms with E-state index in [9.17, 15) is 9.59 Å². The Kier molecular flexibility index (Phi) is 4.23. The lowest BCUT2D eigenvalue weighted by Gasteiger charge is -2.35. The predicted molar refractivity (Wildman–Crippen MR) is 108 cm³/mol. The van der Waals surface area contributed by atoms with Gasteiger partial charge in [0.1, 0.15) is 5.75 Å². The molecule has 2 aliphatic rings. The number of carbonyl (C=O) groups excluding carboxylic acids is 2. The normalized spacial score (nSPS) is 19.0. The highest BCUT2D eigenvalue weighted by Crippen LogP contribution is 2.34. The number of aryl methyl sites for hydroxylation is 1. The van der Waals surface area contributed by atoms with E-state index < -0.39 is 0 Å². The molecule has 0 aliphatic carbocycles. The lowest BCUT2D eigenvalue weighted by Crippen LogP contribution is -2.52. The van der Waals surface area contributed by atoms with Crippen molar-refractivity contribution in [1.82, 2.24) is 19.4 Å². The molecule has 1 saturated heterocycles. The van der Waals surface area contributed by atoms with E-state index in [4.69, 9.17) is 4.74 Å². The van der Waals surface area contributed by atoms with Gasteiger partial charge in [0, 0.05) is 38.0 Å². The molecule has 0 saturated carbocycles. The number of carbonyl (C=O) groups is 2. The van der Waals surface area contributed by atoms with Crippen LogP contribution >= 0.6 is 0 Å². The first-order valence-electron chi connectivity index (χ1n) is 9.81. The molecule has 7 nitrogen and oxygen atoms in total. The lowest BCUT2D eigenvalue weighted by atomic mass is 10.0. The zero-order chi connectivity index (χ0) is 20.0. The second-order valence-electron chi connectivity index (χ2n) is 7.68. The molecule has 1 fully saturated rings. The summed E-state index contributed by atoms with van der Waals surface area (Å²) in [5.41, 5.74) is 3.91. The number of benzene rings is 2. The van der Waals surface area contributed by atoms with E-state index in [-0.39, 0.29) is 24.4 Å². The molecule has 148 valence electrons. The Morgan fingerprint density at radius 1 is 1.17 bits per heavy atom. The highest BCUT2D eigenvalue weighted by molar-refractivity contribution is 5.96. The van der Waals surface area contributed by atoms with E-state index in [0.29, 0.717) is 26.1 Å². The smallest absolute Gasteiger partial charge is 0.327 e. The van der Waals surface area contributed by atoms with E-state index in [1.807, 2.05) is 54.1 Å². The third-order valence-electron chi connectivity index (χ3n) is 5.77. The molecule has 0 bridgehead atoms. The Hall–Kier alpha value is -3.35. The standard InChI is InChI=1S/C22H22N4O3/c1-24-14-23-18-10-15(6-7-19(18)24)11-26-21(27)8-9-25(22(26)28)12-16-13-29-20-5-3-2-4-17(16)20/h2-7,10,14,16H,8-9,11-13H2,1H3. The number of para-hydroxylation sites is 1. The van der Waals surface area contributed by atoms with Gasteiger partial charge < -0.3 is 14.2 Å². The molecule has 1 atom stereocenters. The number of hydrogen-bond donors (Lipinski definition) is 0. The molecule has 0 N–H and O–H groups in total. The monoisotopic (exact) mass is 390 g/mol. The fourth-order valence-corrected chi connectivity index (χ4v) is 4.17. The van der Waals surface area contributed by atoms with Gasteiger partial charge in [0.15, 0.2) is 0 Å². The fraction of sp³-hybridized carbons (Fsp3) is 0.318. The largest absolute Gasteiger partial charge is 0.493 e. The summed E-state index contributed by atoms with van der Waals surface area (Å²) in [6.45, 7) is 1.83. The molecular weight excluding hydrogens is 368 g/mol. The lowest BCUT2D eigenvalue weighted by molar-refractivity contribution is -0.131. The third kappa shape index (κ3) is 3.12. The minimum absolute atomic E-state index is 0.129. The molecular formula is C22H22N4O3. The Bertz CT molecular complexity index is 1110. The zero-order valence-corrected chi connectivity index (χ0v) is 16.2. The van der Waals surface area contributed by atoms with Gasteiger partial charge in [-0.3, -0.25) is 9.69 Å². The molecule has 2 aromatic carbocycles. The predicted octanol–water partition coefficient (Wildman–Crippen LogP) is 2.90. The number of urea groups is 1. The molecule has 3 amide bonds. The molecule has 0 spiro atoms. The minimum atomic E-state index is -0.230. The summed E-state index contributed by atoms with van der Waals surface area (Å²) in [6, 6.07) is 13.6. The maximum atomic E-state index is 13.1. The number of rotatable bonds is 4. The van der Waals surface area contributed by atoms with Gasteiger partial charge in [0.25, 0.3) is 0 Å². The average molecular weight is 390 g/mol. The number of imide groups is 1. The van der Waals surface area contributed by atoms with Crippen LogP contribution < -0.4 is 4.74 Å². The topological polar surface area (TPSA) is 67.7 Å². The quantitative estimate of drug-likeness (QED) is 0.687. The van der Waals surface area contributed by atoms with Crippen molar-refractivity contribution < 1.29 is 14.3 Å². The zero-order valence-electron chi connectivity index (χ0n) is 16.2. The Labute approximate surface area is 168 Å². The van der Waals surface area contributed by atoms with Gasteiger partial charge in [-0.2, -0.15) is 0 Å². The first-order valence-corrected chi connectivity index (χ1v) is 9.81. The number of nitrogens with zero attached hydrogens (tertiary/aromatic N) is 4. The van der Waals surface area contributed by atoms with Crippen molar-refractivity contribution in [3.63, 3.8) is 0 Å². The van der Waals surface area contributed by atoms with Crippen molar-refractivity contribution in [2.75, 3.05) is 19.7 Å². The van der Waals surface area contributed by atoms with Crippen LogP contribution in [0.25, 0.3) is 11.0 Å². The first-order chi connectivity index (χ1) is 14.1. The van der Waals surface area contributed by atoms with Crippen LogP contribution in [0.15, 0.2) is 48.8 Å². The van der Waals surface area contributed by atoms with Crippen molar-refractivity contribution in [2.45, 2.75) is 18.9 Å². The molecule has 1 aromatic heterocycles. The summed E-state index contributed by atoms with van der Waals surface area (Å²) >= 11 is 0. The number of aromatic nitrogens is 2. The Morgan fingerprint density at radius 3 is 2.93 bits per heavy atom. The van der Waals surface area contributed by atoms with Crippen LogP contribution in [0.4, 0.5) is 4.79 Å². The Balaban J connectivity index is 1.33. The van der Waals surface area contributed by atoms with Gasteiger partial charge >= 0.3 is 6.03 Å². The average Bonchev–Trinajstić information content (AvgIpc) is 3.31. The van der Waals surface area contributed by atoms with E-state index in [1.165, 1.54) is 4.90 Å². The van der Waals surface area contributed by atoms with Crippen LogP contribution in [-0.4, -0.2) is 51.0 Å². The molecule has 1 unspecified atom stereocenters. The maximum Gasteiger partial charge on any atom is 0.327 e. The first kappa shape index (κ1) is 17.7. The molecule has 0 radical (unpaired) electrons. The van der Waals surface area contributed by atoms with Crippen molar-refractivity contribution in [3.8, 4) is 5.75 Å². The van der Waals surface area contributed by atoms with Gasteiger partial charge in [-0.25, -0.2) is 9.78 Å². The fourth-order valence-electron chi connectivity index (χ4n) is 4.17. The second kappa shape index (κ2) is 6.92. The molecule has 7 heteroatoms. The summed E-state index contributed by atoms with van der Waals surface area (Å²) in [6.07, 6.45) is 2.10.